The minimum Gasteiger partial charge on any atom is -0.370 e. The van der Waals surface area contributed by atoms with Crippen molar-refractivity contribution in [2.24, 2.45) is 13.0 Å². The monoisotopic (exact) mass is 358 g/mol. The number of carbonyl (C=O) groups excluding carboxylic acids is 1. The molecule has 2 aromatic rings. The number of imidazole rings is 1. The summed E-state index contributed by atoms with van der Waals surface area (Å²) in [6.07, 6.45) is 7.73. The first kappa shape index (κ1) is 18.2. The summed E-state index contributed by atoms with van der Waals surface area (Å²) in [5, 5.41) is 7.11. The highest BCUT2D eigenvalue weighted by Crippen LogP contribution is 2.21. The summed E-state index contributed by atoms with van der Waals surface area (Å²) in [4.78, 5) is 30.3. The molecule has 0 bridgehead atoms. The molecule has 1 fully saturated rings. The van der Waals surface area contributed by atoms with Gasteiger partial charge in [0.2, 0.25) is 5.91 Å². The second-order valence-electron chi connectivity index (χ2n) is 6.72. The summed E-state index contributed by atoms with van der Waals surface area (Å²) in [5.41, 5.74) is 0.749. The first-order valence-electron chi connectivity index (χ1n) is 9.12. The molecule has 0 unspecified atom stereocenters. The van der Waals surface area contributed by atoms with E-state index in [1.807, 2.05) is 10.8 Å². The molecule has 1 atom stereocenters. The highest BCUT2D eigenvalue weighted by Gasteiger charge is 2.23. The third-order valence-electron chi connectivity index (χ3n) is 4.89. The van der Waals surface area contributed by atoms with Crippen LogP contribution in [0.5, 0.6) is 0 Å². The molecule has 8 nitrogen and oxygen atoms in total. The fourth-order valence-corrected chi connectivity index (χ4v) is 3.29. The lowest BCUT2D eigenvalue weighted by atomic mass is 10.1. The van der Waals surface area contributed by atoms with Gasteiger partial charge in [0, 0.05) is 64.5 Å². The van der Waals surface area contributed by atoms with Gasteiger partial charge in [-0.05, 0) is 12.3 Å². The van der Waals surface area contributed by atoms with Crippen LogP contribution in [0.4, 0.5) is 5.69 Å². The SMILES string of the molecule is CCc1nccn1CCC(=O)NC[C@@H]1CCN(c2cnn(C)c(=O)c2)C1. The van der Waals surface area contributed by atoms with Crippen LogP contribution >= 0.6 is 0 Å². The molecule has 8 heteroatoms. The zero-order chi connectivity index (χ0) is 18.5. The zero-order valence-corrected chi connectivity index (χ0v) is 15.4. The molecule has 1 amide bonds. The Morgan fingerprint density at radius 2 is 2.27 bits per heavy atom. The van der Waals surface area contributed by atoms with Crippen molar-refractivity contribution in [3.05, 3.63) is 40.8 Å². The van der Waals surface area contributed by atoms with E-state index in [4.69, 9.17) is 0 Å². The van der Waals surface area contributed by atoms with Gasteiger partial charge in [0.05, 0.1) is 11.9 Å². The summed E-state index contributed by atoms with van der Waals surface area (Å²) in [5.74, 6) is 1.46. The van der Waals surface area contributed by atoms with Crippen molar-refractivity contribution < 1.29 is 4.79 Å². The van der Waals surface area contributed by atoms with Gasteiger partial charge >= 0.3 is 0 Å². The second-order valence-corrected chi connectivity index (χ2v) is 6.72. The number of hydrogen-bond donors (Lipinski definition) is 1. The average Bonchev–Trinajstić information content (AvgIpc) is 3.29. The summed E-state index contributed by atoms with van der Waals surface area (Å²) in [6.45, 7) is 5.09. The molecular weight excluding hydrogens is 332 g/mol. The lowest BCUT2D eigenvalue weighted by Gasteiger charge is -2.18. The van der Waals surface area contributed by atoms with Crippen LogP contribution in [0.1, 0.15) is 25.6 Å². The van der Waals surface area contributed by atoms with Crippen LogP contribution in [0, 0.1) is 5.92 Å². The molecule has 0 aliphatic carbocycles. The molecule has 1 N–H and O–H groups in total. The molecule has 2 aromatic heterocycles. The third-order valence-corrected chi connectivity index (χ3v) is 4.89. The lowest BCUT2D eigenvalue weighted by molar-refractivity contribution is -0.121. The van der Waals surface area contributed by atoms with Crippen LogP contribution < -0.4 is 15.8 Å². The van der Waals surface area contributed by atoms with Crippen molar-refractivity contribution in [2.45, 2.75) is 32.7 Å². The zero-order valence-electron chi connectivity index (χ0n) is 15.4. The van der Waals surface area contributed by atoms with Gasteiger partial charge in [-0.15, -0.1) is 0 Å². The molecule has 3 rings (SSSR count). The number of anilines is 1. The van der Waals surface area contributed by atoms with Gasteiger partial charge in [-0.25, -0.2) is 9.67 Å². The summed E-state index contributed by atoms with van der Waals surface area (Å²) in [7, 11) is 1.64. The molecule has 0 aromatic carbocycles. The quantitative estimate of drug-likeness (QED) is 0.782. The van der Waals surface area contributed by atoms with E-state index in [-0.39, 0.29) is 11.5 Å². The Balaban J connectivity index is 1.43. The van der Waals surface area contributed by atoms with Crippen molar-refractivity contribution in [2.75, 3.05) is 24.5 Å². The van der Waals surface area contributed by atoms with E-state index in [9.17, 15) is 9.59 Å². The number of nitrogens with zero attached hydrogens (tertiary/aromatic N) is 5. The predicted molar refractivity (Wildman–Crippen MR) is 99.0 cm³/mol. The lowest BCUT2D eigenvalue weighted by Crippen LogP contribution is -2.32. The van der Waals surface area contributed by atoms with Crippen LogP contribution in [-0.2, 0) is 24.8 Å². The number of rotatable bonds is 7. The minimum absolute atomic E-state index is 0.0643. The molecule has 140 valence electrons. The van der Waals surface area contributed by atoms with Gasteiger partial charge in [0.1, 0.15) is 5.82 Å². The number of amides is 1. The number of aryl methyl sites for hydroxylation is 3. The van der Waals surface area contributed by atoms with E-state index in [0.717, 1.165) is 37.4 Å². The van der Waals surface area contributed by atoms with Crippen molar-refractivity contribution >= 4 is 11.6 Å². The normalized spacial score (nSPS) is 16.8. The fourth-order valence-electron chi connectivity index (χ4n) is 3.29. The summed E-state index contributed by atoms with van der Waals surface area (Å²) >= 11 is 0. The fraction of sp³-hybridized carbons (Fsp3) is 0.556. The van der Waals surface area contributed by atoms with E-state index in [2.05, 4.69) is 27.2 Å². The highest BCUT2D eigenvalue weighted by atomic mass is 16.1. The third kappa shape index (κ3) is 4.30. The molecule has 0 spiro atoms. The Morgan fingerprint density at radius 1 is 1.42 bits per heavy atom. The largest absolute Gasteiger partial charge is 0.370 e. The van der Waals surface area contributed by atoms with Crippen molar-refractivity contribution in [1.82, 2.24) is 24.6 Å². The Labute approximate surface area is 152 Å². The number of nitrogens with one attached hydrogen (secondary N) is 1. The van der Waals surface area contributed by atoms with Gasteiger partial charge in [-0.3, -0.25) is 9.59 Å². The summed E-state index contributed by atoms with van der Waals surface area (Å²) < 4.78 is 3.35. The first-order valence-corrected chi connectivity index (χ1v) is 9.12. The number of carbonyl (C=O) groups is 1. The molecule has 1 saturated heterocycles. The van der Waals surface area contributed by atoms with Gasteiger partial charge in [0.15, 0.2) is 0 Å². The maximum absolute atomic E-state index is 12.1. The molecule has 1 aliphatic rings. The molecule has 0 saturated carbocycles. The number of hydrogen-bond acceptors (Lipinski definition) is 5. The maximum atomic E-state index is 12.1. The standard InChI is InChI=1S/C18H26N6O2/c1-3-16-19-6-9-23(16)8-5-17(25)20-11-14-4-7-24(13-14)15-10-18(26)22(2)21-12-15/h6,9-10,12,14H,3-5,7-8,11,13H2,1-2H3,(H,20,25)/t14-/m0/s1. The predicted octanol–water partition coefficient (Wildman–Crippen LogP) is 0.572. The van der Waals surface area contributed by atoms with E-state index in [0.29, 0.717) is 25.4 Å². The maximum Gasteiger partial charge on any atom is 0.268 e. The molecule has 1 aliphatic heterocycles. The van der Waals surface area contributed by atoms with Gasteiger partial charge in [-0.2, -0.15) is 5.10 Å². The van der Waals surface area contributed by atoms with Crippen LogP contribution in [-0.4, -0.2) is 44.9 Å². The Morgan fingerprint density at radius 3 is 3.04 bits per heavy atom. The average molecular weight is 358 g/mol. The van der Waals surface area contributed by atoms with E-state index in [1.165, 1.54) is 4.68 Å². The molecule has 0 radical (unpaired) electrons. The van der Waals surface area contributed by atoms with Crippen LogP contribution in [0.3, 0.4) is 0 Å². The van der Waals surface area contributed by atoms with Crippen molar-refractivity contribution in [1.29, 1.82) is 0 Å². The molecular formula is C18H26N6O2. The highest BCUT2D eigenvalue weighted by molar-refractivity contribution is 5.75. The Bertz CT molecular complexity index is 812. The van der Waals surface area contributed by atoms with Crippen molar-refractivity contribution in [3.63, 3.8) is 0 Å². The Kier molecular flexibility index (Phi) is 5.70. The topological polar surface area (TPSA) is 85.1 Å². The smallest absolute Gasteiger partial charge is 0.268 e. The van der Waals surface area contributed by atoms with Crippen LogP contribution in [0.15, 0.2) is 29.5 Å². The van der Waals surface area contributed by atoms with E-state index in [1.54, 1.807) is 25.5 Å². The minimum atomic E-state index is -0.106. The van der Waals surface area contributed by atoms with E-state index < -0.39 is 0 Å². The molecule has 3 heterocycles. The first-order chi connectivity index (χ1) is 12.6. The number of aromatic nitrogens is 4. The second kappa shape index (κ2) is 8.16. The van der Waals surface area contributed by atoms with Gasteiger partial charge in [-0.1, -0.05) is 6.92 Å². The molecule has 26 heavy (non-hydrogen) atoms. The van der Waals surface area contributed by atoms with Crippen molar-refractivity contribution in [3.8, 4) is 0 Å². The summed E-state index contributed by atoms with van der Waals surface area (Å²) in [6, 6.07) is 1.62. The van der Waals surface area contributed by atoms with E-state index >= 15 is 0 Å². The van der Waals surface area contributed by atoms with Crippen LogP contribution in [0.2, 0.25) is 0 Å². The Hall–Kier alpha value is -2.64. The van der Waals surface area contributed by atoms with Gasteiger partial charge < -0.3 is 14.8 Å². The van der Waals surface area contributed by atoms with Gasteiger partial charge in [0.25, 0.3) is 5.56 Å². The van der Waals surface area contributed by atoms with Crippen LogP contribution in [0.25, 0.3) is 0 Å².